The third-order valence-electron chi connectivity index (χ3n) is 4.29. The molecule has 0 saturated carbocycles. The lowest BCUT2D eigenvalue weighted by Gasteiger charge is -2.19. The zero-order valence-corrected chi connectivity index (χ0v) is 17.3. The fourth-order valence-corrected chi connectivity index (χ4v) is 2.59. The van der Waals surface area contributed by atoms with Gasteiger partial charge in [-0.3, -0.25) is 4.79 Å². The van der Waals surface area contributed by atoms with Crippen molar-refractivity contribution in [2.75, 3.05) is 26.9 Å². The fraction of sp³-hybridized carbons (Fsp3) is 0.435. The molecule has 2 aromatic rings. The van der Waals surface area contributed by atoms with Crippen LogP contribution in [0.2, 0.25) is 0 Å². The molecule has 0 aromatic heterocycles. The second-order valence-corrected chi connectivity index (χ2v) is 7.60. The summed E-state index contributed by atoms with van der Waals surface area (Å²) in [6.07, 6.45) is 1.09. The Morgan fingerprint density at radius 1 is 0.857 bits per heavy atom. The Bertz CT molecular complexity index is 718. The third-order valence-corrected chi connectivity index (χ3v) is 4.29. The van der Waals surface area contributed by atoms with Crippen molar-refractivity contribution in [3.05, 3.63) is 54.1 Å². The van der Waals surface area contributed by atoms with Gasteiger partial charge in [0.15, 0.2) is 0 Å². The first-order chi connectivity index (χ1) is 13.4. The maximum atomic E-state index is 11.9. The highest BCUT2D eigenvalue weighted by atomic mass is 16.5. The van der Waals surface area contributed by atoms with E-state index >= 15 is 0 Å². The summed E-state index contributed by atoms with van der Waals surface area (Å²) in [5.41, 5.74) is 1.40. The molecule has 0 aliphatic heterocycles. The maximum Gasteiger partial charge on any atom is 0.220 e. The standard InChI is InChI=1S/C23H31NO4/c1-23(2,3)18-7-9-20(10-8-18)28-17-15-24-22(25)6-5-16-27-21-13-11-19(26-4)12-14-21/h7-14H,5-6,15-17H2,1-4H3,(H,24,25). The zero-order chi connectivity index (χ0) is 20.4. The number of amides is 1. The highest BCUT2D eigenvalue weighted by Gasteiger charge is 2.12. The average Bonchev–Trinajstić information content (AvgIpc) is 2.69. The van der Waals surface area contributed by atoms with Gasteiger partial charge in [-0.25, -0.2) is 0 Å². The quantitative estimate of drug-likeness (QED) is 0.618. The van der Waals surface area contributed by atoms with Crippen molar-refractivity contribution in [2.24, 2.45) is 0 Å². The van der Waals surface area contributed by atoms with Gasteiger partial charge in [0, 0.05) is 6.42 Å². The lowest BCUT2D eigenvalue weighted by atomic mass is 9.87. The summed E-state index contributed by atoms with van der Waals surface area (Å²) < 4.78 is 16.4. The topological polar surface area (TPSA) is 56.8 Å². The van der Waals surface area contributed by atoms with E-state index < -0.39 is 0 Å². The minimum absolute atomic E-state index is 0.00464. The molecule has 28 heavy (non-hydrogen) atoms. The van der Waals surface area contributed by atoms with E-state index in [1.165, 1.54) is 5.56 Å². The lowest BCUT2D eigenvalue weighted by molar-refractivity contribution is -0.121. The van der Waals surface area contributed by atoms with E-state index in [0.717, 1.165) is 17.2 Å². The van der Waals surface area contributed by atoms with Crippen LogP contribution >= 0.6 is 0 Å². The minimum Gasteiger partial charge on any atom is -0.497 e. The largest absolute Gasteiger partial charge is 0.497 e. The van der Waals surface area contributed by atoms with E-state index in [4.69, 9.17) is 14.2 Å². The molecule has 5 heteroatoms. The van der Waals surface area contributed by atoms with Crippen molar-refractivity contribution in [2.45, 2.75) is 39.0 Å². The molecular weight excluding hydrogens is 354 g/mol. The first-order valence-corrected chi connectivity index (χ1v) is 9.65. The second-order valence-electron chi connectivity index (χ2n) is 7.60. The van der Waals surface area contributed by atoms with Gasteiger partial charge in [-0.05, 0) is 53.8 Å². The number of carbonyl (C=O) groups excluding carboxylic acids is 1. The monoisotopic (exact) mass is 385 g/mol. The summed E-state index contributed by atoms with van der Waals surface area (Å²) in [5.74, 6) is 2.38. The number of benzene rings is 2. The van der Waals surface area contributed by atoms with Crippen molar-refractivity contribution in [3.8, 4) is 17.2 Å². The summed E-state index contributed by atoms with van der Waals surface area (Å²) >= 11 is 0. The molecule has 0 atom stereocenters. The number of hydrogen-bond donors (Lipinski definition) is 1. The second kappa shape index (κ2) is 10.6. The Morgan fingerprint density at radius 2 is 1.39 bits per heavy atom. The van der Waals surface area contributed by atoms with Gasteiger partial charge < -0.3 is 19.5 Å². The molecule has 0 aliphatic carbocycles. The van der Waals surface area contributed by atoms with Crippen molar-refractivity contribution in [1.29, 1.82) is 0 Å². The van der Waals surface area contributed by atoms with Crippen molar-refractivity contribution in [3.63, 3.8) is 0 Å². The Kier molecular flexibility index (Phi) is 8.18. The van der Waals surface area contributed by atoms with Crippen molar-refractivity contribution in [1.82, 2.24) is 5.32 Å². The first-order valence-electron chi connectivity index (χ1n) is 9.65. The predicted octanol–water partition coefficient (Wildman–Crippen LogP) is 4.35. The normalized spacial score (nSPS) is 11.0. The van der Waals surface area contributed by atoms with Crippen LogP contribution in [0, 0.1) is 0 Å². The van der Waals surface area contributed by atoms with Crippen LogP contribution in [0.3, 0.4) is 0 Å². The summed E-state index contributed by atoms with van der Waals surface area (Å²) in [4.78, 5) is 11.9. The summed E-state index contributed by atoms with van der Waals surface area (Å²) in [6, 6.07) is 15.5. The molecule has 0 fully saturated rings. The van der Waals surface area contributed by atoms with Gasteiger partial charge in [-0.2, -0.15) is 0 Å². The van der Waals surface area contributed by atoms with Crippen LogP contribution in [-0.4, -0.2) is 32.8 Å². The van der Waals surface area contributed by atoms with Crippen LogP contribution in [0.25, 0.3) is 0 Å². The number of hydrogen-bond acceptors (Lipinski definition) is 4. The Labute approximate surface area is 168 Å². The van der Waals surface area contributed by atoms with Crippen LogP contribution in [0.15, 0.2) is 48.5 Å². The lowest BCUT2D eigenvalue weighted by Crippen LogP contribution is -2.28. The van der Waals surface area contributed by atoms with Crippen molar-refractivity contribution < 1.29 is 19.0 Å². The molecule has 2 rings (SSSR count). The van der Waals surface area contributed by atoms with Gasteiger partial charge in [-0.15, -0.1) is 0 Å². The van der Waals surface area contributed by atoms with E-state index in [-0.39, 0.29) is 11.3 Å². The number of methoxy groups -OCH3 is 1. The molecule has 1 amide bonds. The van der Waals surface area contributed by atoms with Crippen LogP contribution in [0.1, 0.15) is 39.2 Å². The molecule has 0 unspecified atom stereocenters. The number of ether oxygens (including phenoxy) is 3. The van der Waals surface area contributed by atoms with Gasteiger partial charge in [0.1, 0.15) is 23.9 Å². The molecule has 0 heterocycles. The molecular formula is C23H31NO4. The fourth-order valence-electron chi connectivity index (χ4n) is 2.59. The first kappa shape index (κ1) is 21.6. The molecule has 0 aliphatic rings. The third kappa shape index (κ3) is 7.51. The molecule has 2 aromatic carbocycles. The Hall–Kier alpha value is -2.69. The number of carbonyl (C=O) groups is 1. The molecule has 0 saturated heterocycles. The molecule has 0 bridgehead atoms. The van der Waals surface area contributed by atoms with Gasteiger partial charge in [0.25, 0.3) is 0 Å². The highest BCUT2D eigenvalue weighted by Crippen LogP contribution is 2.24. The van der Waals surface area contributed by atoms with E-state index in [9.17, 15) is 4.79 Å². The summed E-state index contributed by atoms with van der Waals surface area (Å²) in [5, 5.41) is 2.87. The average molecular weight is 386 g/mol. The van der Waals surface area contributed by atoms with Gasteiger partial charge in [-0.1, -0.05) is 32.9 Å². The van der Waals surface area contributed by atoms with E-state index in [1.54, 1.807) is 7.11 Å². The molecule has 1 N–H and O–H groups in total. The van der Waals surface area contributed by atoms with E-state index in [1.807, 2.05) is 36.4 Å². The van der Waals surface area contributed by atoms with Crippen LogP contribution in [-0.2, 0) is 10.2 Å². The zero-order valence-electron chi connectivity index (χ0n) is 17.3. The molecule has 152 valence electrons. The molecule has 5 nitrogen and oxygen atoms in total. The maximum absolute atomic E-state index is 11.9. The van der Waals surface area contributed by atoms with Crippen molar-refractivity contribution >= 4 is 5.91 Å². The SMILES string of the molecule is COc1ccc(OCCCC(=O)NCCOc2ccc(C(C)(C)C)cc2)cc1. The molecule has 0 spiro atoms. The van der Waals surface area contributed by atoms with Crippen LogP contribution in [0.5, 0.6) is 17.2 Å². The predicted molar refractivity (Wildman–Crippen MR) is 111 cm³/mol. The number of nitrogens with one attached hydrogen (secondary N) is 1. The summed E-state index contributed by atoms with van der Waals surface area (Å²) in [6.45, 7) is 7.97. The van der Waals surface area contributed by atoms with Crippen LogP contribution in [0.4, 0.5) is 0 Å². The highest BCUT2D eigenvalue weighted by molar-refractivity contribution is 5.75. The summed E-state index contributed by atoms with van der Waals surface area (Å²) in [7, 11) is 1.63. The Morgan fingerprint density at radius 3 is 1.96 bits per heavy atom. The van der Waals surface area contributed by atoms with Gasteiger partial charge in [0.05, 0.1) is 20.3 Å². The Balaban J connectivity index is 1.56. The van der Waals surface area contributed by atoms with Crippen LogP contribution < -0.4 is 19.5 Å². The van der Waals surface area contributed by atoms with E-state index in [0.29, 0.717) is 32.6 Å². The minimum atomic E-state index is 0.00464. The number of rotatable bonds is 10. The molecule has 0 radical (unpaired) electrons. The van der Waals surface area contributed by atoms with Gasteiger partial charge in [0.2, 0.25) is 5.91 Å². The van der Waals surface area contributed by atoms with Gasteiger partial charge >= 0.3 is 0 Å². The van der Waals surface area contributed by atoms with E-state index in [2.05, 4.69) is 38.2 Å². The smallest absolute Gasteiger partial charge is 0.220 e.